The number of hydrogen-bond acceptors (Lipinski definition) is 4. The number of hydrogen-bond donors (Lipinski definition) is 2. The van der Waals surface area contributed by atoms with Crippen LogP contribution in [0.1, 0.15) is 20.8 Å². The molecule has 0 atom stereocenters. The second-order valence-electron chi connectivity index (χ2n) is 5.89. The van der Waals surface area contributed by atoms with Crippen molar-refractivity contribution in [2.75, 3.05) is 11.1 Å². The number of amides is 1. The van der Waals surface area contributed by atoms with Crippen LogP contribution in [0.25, 0.3) is 11.3 Å². The van der Waals surface area contributed by atoms with Crippen LogP contribution in [0.15, 0.2) is 24.4 Å². The topological polar surface area (TPSA) is 82.2 Å². The number of rotatable bonds is 2. The van der Waals surface area contributed by atoms with Crippen LogP contribution in [-0.4, -0.2) is 21.5 Å². The Morgan fingerprint density at radius 1 is 1.41 bits per heavy atom. The van der Waals surface area contributed by atoms with Gasteiger partial charge < -0.3 is 10.5 Å². The van der Waals surface area contributed by atoms with Gasteiger partial charge in [-0.3, -0.25) is 10.00 Å². The summed E-state index contributed by atoms with van der Waals surface area (Å²) in [6, 6.07) is 5.24. The van der Waals surface area contributed by atoms with E-state index in [4.69, 9.17) is 22.1 Å². The summed E-state index contributed by atoms with van der Waals surface area (Å²) in [5.74, 6) is 0. The summed E-state index contributed by atoms with van der Waals surface area (Å²) in [5, 5.41) is 7.16. The van der Waals surface area contributed by atoms with Crippen molar-refractivity contribution >= 4 is 29.1 Å². The molecule has 0 aliphatic heterocycles. The number of nitrogen functional groups attached to an aromatic ring is 1. The second kappa shape index (κ2) is 5.88. The molecule has 1 aromatic carbocycles. The number of halogens is 1. The lowest BCUT2D eigenvalue weighted by molar-refractivity contribution is 0.0636. The monoisotopic (exact) mass is 322 g/mol. The van der Waals surface area contributed by atoms with Gasteiger partial charge >= 0.3 is 6.09 Å². The molecule has 118 valence electrons. The number of aromatic nitrogens is 2. The number of carbonyl (C=O) groups is 1. The molecule has 2 rings (SSSR count). The van der Waals surface area contributed by atoms with Crippen LogP contribution in [0.5, 0.6) is 0 Å². The molecular weight excluding hydrogens is 304 g/mol. The number of aryl methyl sites for hydroxylation is 1. The summed E-state index contributed by atoms with van der Waals surface area (Å²) in [6.07, 6.45) is 1.01. The van der Waals surface area contributed by atoms with Gasteiger partial charge in [0.25, 0.3) is 0 Å². The van der Waals surface area contributed by atoms with Gasteiger partial charge in [-0.15, -0.1) is 0 Å². The first-order valence-corrected chi connectivity index (χ1v) is 7.12. The highest BCUT2D eigenvalue weighted by Gasteiger charge is 2.18. The maximum absolute atomic E-state index is 11.9. The Balaban J connectivity index is 2.30. The predicted octanol–water partition coefficient (Wildman–Crippen LogP) is 3.67. The first-order chi connectivity index (χ1) is 10.2. The molecule has 0 unspecified atom stereocenters. The lowest BCUT2D eigenvalue weighted by Gasteiger charge is -2.20. The fraction of sp³-hybridized carbons (Fsp3) is 0.333. The predicted molar refractivity (Wildman–Crippen MR) is 87.9 cm³/mol. The van der Waals surface area contributed by atoms with Crippen LogP contribution in [0.2, 0.25) is 5.02 Å². The molecule has 1 aromatic heterocycles. The van der Waals surface area contributed by atoms with Gasteiger partial charge in [-0.05, 0) is 32.9 Å². The zero-order valence-corrected chi connectivity index (χ0v) is 13.7. The minimum absolute atomic E-state index is 0.412. The number of nitrogens with two attached hydrogens (primary N) is 1. The van der Waals surface area contributed by atoms with Gasteiger partial charge in [0, 0.05) is 12.6 Å². The fourth-order valence-electron chi connectivity index (χ4n) is 1.99. The first kappa shape index (κ1) is 16.2. The van der Waals surface area contributed by atoms with Crippen molar-refractivity contribution in [2.45, 2.75) is 26.4 Å². The van der Waals surface area contributed by atoms with Gasteiger partial charge in [0.05, 0.1) is 28.3 Å². The van der Waals surface area contributed by atoms with E-state index >= 15 is 0 Å². The molecule has 0 radical (unpaired) electrons. The van der Waals surface area contributed by atoms with Gasteiger partial charge in [0.15, 0.2) is 0 Å². The molecule has 0 aliphatic rings. The Morgan fingerprint density at radius 2 is 2.09 bits per heavy atom. The summed E-state index contributed by atoms with van der Waals surface area (Å²) >= 11 is 6.13. The van der Waals surface area contributed by atoms with E-state index < -0.39 is 11.7 Å². The number of nitrogens with one attached hydrogen (secondary N) is 1. The smallest absolute Gasteiger partial charge is 0.412 e. The molecular formula is C15H19ClN4O2. The van der Waals surface area contributed by atoms with E-state index in [1.807, 2.05) is 6.07 Å². The molecule has 0 saturated carbocycles. The van der Waals surface area contributed by atoms with Gasteiger partial charge in [-0.1, -0.05) is 17.7 Å². The zero-order chi connectivity index (χ0) is 16.5. The quantitative estimate of drug-likeness (QED) is 0.883. The van der Waals surface area contributed by atoms with Crippen LogP contribution in [-0.2, 0) is 11.8 Å². The molecule has 3 N–H and O–H groups in total. The Kier molecular flexibility index (Phi) is 4.32. The van der Waals surface area contributed by atoms with Crippen molar-refractivity contribution < 1.29 is 9.53 Å². The summed E-state index contributed by atoms with van der Waals surface area (Å²) in [6.45, 7) is 5.38. The summed E-state index contributed by atoms with van der Waals surface area (Å²) in [4.78, 5) is 11.9. The van der Waals surface area contributed by atoms with E-state index in [9.17, 15) is 4.79 Å². The highest BCUT2D eigenvalue weighted by atomic mass is 35.5. The molecule has 6 nitrogen and oxygen atoms in total. The van der Waals surface area contributed by atoms with Crippen molar-refractivity contribution in [3.8, 4) is 11.3 Å². The first-order valence-electron chi connectivity index (χ1n) is 6.75. The van der Waals surface area contributed by atoms with E-state index in [1.54, 1.807) is 50.8 Å². The minimum Gasteiger partial charge on any atom is -0.444 e. The van der Waals surface area contributed by atoms with Crippen molar-refractivity contribution in [3.63, 3.8) is 0 Å². The summed E-state index contributed by atoms with van der Waals surface area (Å²) < 4.78 is 6.89. The third-order valence-electron chi connectivity index (χ3n) is 2.84. The summed E-state index contributed by atoms with van der Waals surface area (Å²) in [7, 11) is 1.79. The van der Waals surface area contributed by atoms with Crippen molar-refractivity contribution in [1.82, 2.24) is 9.78 Å². The Morgan fingerprint density at radius 3 is 2.64 bits per heavy atom. The SMILES string of the molecule is Cn1ncc(N)c1-c1ccc(Cl)c(NC(=O)OC(C)(C)C)c1. The average molecular weight is 323 g/mol. The van der Waals surface area contributed by atoms with Crippen molar-refractivity contribution in [3.05, 3.63) is 29.4 Å². The molecule has 7 heteroatoms. The van der Waals surface area contributed by atoms with E-state index in [2.05, 4.69) is 10.4 Å². The number of nitrogens with zero attached hydrogens (tertiary/aromatic N) is 2. The van der Waals surface area contributed by atoms with Gasteiger partial charge in [-0.2, -0.15) is 5.10 Å². The molecule has 2 aromatic rings. The molecule has 22 heavy (non-hydrogen) atoms. The van der Waals surface area contributed by atoms with E-state index in [0.717, 1.165) is 11.3 Å². The third kappa shape index (κ3) is 3.71. The molecule has 0 aliphatic carbocycles. The molecule has 0 bridgehead atoms. The standard InChI is InChI=1S/C15H19ClN4O2/c1-15(2,3)22-14(21)19-12-7-9(5-6-10(12)16)13-11(17)8-18-20(13)4/h5-8H,17H2,1-4H3,(H,19,21). The number of ether oxygens (including phenoxy) is 1. The molecule has 0 fully saturated rings. The van der Waals surface area contributed by atoms with Gasteiger partial charge in [0.2, 0.25) is 0 Å². The highest BCUT2D eigenvalue weighted by molar-refractivity contribution is 6.33. The van der Waals surface area contributed by atoms with Crippen LogP contribution >= 0.6 is 11.6 Å². The minimum atomic E-state index is -0.583. The zero-order valence-electron chi connectivity index (χ0n) is 13.0. The lowest BCUT2D eigenvalue weighted by atomic mass is 10.1. The normalized spacial score (nSPS) is 11.3. The van der Waals surface area contributed by atoms with E-state index in [1.165, 1.54) is 0 Å². The second-order valence-corrected chi connectivity index (χ2v) is 6.30. The average Bonchev–Trinajstić information content (AvgIpc) is 2.70. The number of benzene rings is 1. The Labute approximate surface area is 134 Å². The summed E-state index contributed by atoms with van der Waals surface area (Å²) in [5.41, 5.74) is 7.89. The molecule has 0 spiro atoms. The van der Waals surface area contributed by atoms with Crippen molar-refractivity contribution in [1.29, 1.82) is 0 Å². The van der Waals surface area contributed by atoms with Crippen LogP contribution in [0.4, 0.5) is 16.2 Å². The molecule has 1 amide bonds. The van der Waals surface area contributed by atoms with Crippen molar-refractivity contribution in [2.24, 2.45) is 7.05 Å². The van der Waals surface area contributed by atoms with E-state index in [-0.39, 0.29) is 0 Å². The van der Waals surface area contributed by atoms with Gasteiger partial charge in [-0.25, -0.2) is 4.79 Å². The van der Waals surface area contributed by atoms with E-state index in [0.29, 0.717) is 16.4 Å². The fourth-order valence-corrected chi connectivity index (χ4v) is 2.15. The third-order valence-corrected chi connectivity index (χ3v) is 3.17. The number of anilines is 2. The Bertz CT molecular complexity index is 685. The van der Waals surface area contributed by atoms with Crippen LogP contribution in [0.3, 0.4) is 0 Å². The van der Waals surface area contributed by atoms with Crippen LogP contribution in [0, 0.1) is 0 Å². The Hall–Kier alpha value is -2.21. The maximum atomic E-state index is 11.9. The number of carbonyl (C=O) groups excluding carboxylic acids is 1. The lowest BCUT2D eigenvalue weighted by Crippen LogP contribution is -2.27. The largest absolute Gasteiger partial charge is 0.444 e. The maximum Gasteiger partial charge on any atom is 0.412 e. The highest BCUT2D eigenvalue weighted by Crippen LogP contribution is 2.31. The van der Waals surface area contributed by atoms with Gasteiger partial charge in [0.1, 0.15) is 5.60 Å². The molecule has 0 saturated heterocycles. The molecule has 1 heterocycles. The van der Waals surface area contributed by atoms with Crippen LogP contribution < -0.4 is 11.1 Å².